The van der Waals surface area contributed by atoms with Gasteiger partial charge in [0.25, 0.3) is 0 Å². The topological polar surface area (TPSA) is 95.9 Å². The van der Waals surface area contributed by atoms with Gasteiger partial charge in [0.1, 0.15) is 6.10 Å². The van der Waals surface area contributed by atoms with Crippen molar-refractivity contribution in [2.45, 2.75) is 264 Å². The fourth-order valence-electron chi connectivity index (χ4n) is 7.45. The Morgan fingerprint density at radius 1 is 0.517 bits per heavy atom. The monoisotopic (exact) mass is 814 g/mol. The Kier molecular flexibility index (Phi) is 44.2. The van der Waals surface area contributed by atoms with E-state index in [0.29, 0.717) is 19.3 Å². The first kappa shape index (κ1) is 55.8. The SMILES string of the molecule is CC/C=C/C/C=C/CCCCCCCCCC(=O)OC(CCCCCCC/C=C/C/C=C/CC)CC(=O)NC(CO)C(O)CCCCCCCCCCCCCCC. The number of amides is 1. The van der Waals surface area contributed by atoms with Gasteiger partial charge in [-0.25, -0.2) is 0 Å². The summed E-state index contributed by atoms with van der Waals surface area (Å²) in [6, 6.07) is -0.706. The molecule has 0 spiro atoms. The van der Waals surface area contributed by atoms with Crippen molar-refractivity contribution in [3.05, 3.63) is 48.6 Å². The van der Waals surface area contributed by atoms with Gasteiger partial charge < -0.3 is 20.3 Å². The molecule has 58 heavy (non-hydrogen) atoms. The summed E-state index contributed by atoms with van der Waals surface area (Å²) in [7, 11) is 0. The van der Waals surface area contributed by atoms with Gasteiger partial charge >= 0.3 is 5.97 Å². The molecule has 3 atom stereocenters. The highest BCUT2D eigenvalue weighted by Gasteiger charge is 2.24. The number of hydrogen-bond acceptors (Lipinski definition) is 5. The number of nitrogens with one attached hydrogen (secondary N) is 1. The van der Waals surface area contributed by atoms with E-state index < -0.39 is 18.2 Å². The van der Waals surface area contributed by atoms with Crippen LogP contribution in [0.2, 0.25) is 0 Å². The smallest absolute Gasteiger partial charge is 0.306 e. The maximum atomic E-state index is 13.2. The molecule has 1 amide bonds. The van der Waals surface area contributed by atoms with Crippen molar-refractivity contribution in [2.24, 2.45) is 0 Å². The maximum absolute atomic E-state index is 13.2. The zero-order valence-corrected chi connectivity index (χ0v) is 38.4. The highest BCUT2D eigenvalue weighted by atomic mass is 16.5. The van der Waals surface area contributed by atoms with Crippen LogP contribution in [0.5, 0.6) is 0 Å². The van der Waals surface area contributed by atoms with Crippen LogP contribution in [0.3, 0.4) is 0 Å². The normalized spacial score (nSPS) is 13.7. The summed E-state index contributed by atoms with van der Waals surface area (Å²) in [5, 5.41) is 23.7. The fraction of sp³-hybridized carbons (Fsp3) is 0.808. The Morgan fingerprint density at radius 2 is 0.931 bits per heavy atom. The molecule has 0 aliphatic rings. The summed E-state index contributed by atoms with van der Waals surface area (Å²) in [4.78, 5) is 26.1. The van der Waals surface area contributed by atoms with E-state index in [2.05, 4.69) is 74.7 Å². The molecule has 0 saturated heterocycles. The number of carbonyl (C=O) groups excluding carboxylic acids is 2. The molecule has 338 valence electrons. The van der Waals surface area contributed by atoms with Gasteiger partial charge in [-0.1, -0.05) is 204 Å². The summed E-state index contributed by atoms with van der Waals surface area (Å²) >= 11 is 0. The molecule has 0 rings (SSSR count). The molecule has 0 aromatic rings. The minimum Gasteiger partial charge on any atom is -0.462 e. The number of unbranched alkanes of at least 4 members (excludes halogenated alkanes) is 24. The van der Waals surface area contributed by atoms with Crippen molar-refractivity contribution in [1.29, 1.82) is 0 Å². The Morgan fingerprint density at radius 3 is 1.40 bits per heavy atom. The molecular formula is C52H95NO5. The van der Waals surface area contributed by atoms with Gasteiger partial charge in [0.2, 0.25) is 5.91 Å². The van der Waals surface area contributed by atoms with E-state index >= 15 is 0 Å². The molecule has 0 aliphatic carbocycles. The highest BCUT2D eigenvalue weighted by molar-refractivity contribution is 5.77. The zero-order valence-electron chi connectivity index (χ0n) is 38.4. The van der Waals surface area contributed by atoms with Crippen molar-refractivity contribution in [2.75, 3.05) is 6.61 Å². The van der Waals surface area contributed by atoms with E-state index in [0.717, 1.165) is 96.3 Å². The molecule has 0 radical (unpaired) electrons. The summed E-state index contributed by atoms with van der Waals surface area (Å²) in [5.41, 5.74) is 0. The largest absolute Gasteiger partial charge is 0.462 e. The van der Waals surface area contributed by atoms with E-state index in [-0.39, 0.29) is 24.9 Å². The number of hydrogen-bond donors (Lipinski definition) is 3. The molecule has 0 fully saturated rings. The number of esters is 1. The minimum atomic E-state index is -0.792. The lowest BCUT2D eigenvalue weighted by Gasteiger charge is -2.24. The van der Waals surface area contributed by atoms with Crippen LogP contribution in [-0.2, 0) is 14.3 Å². The standard InChI is InChI=1S/C52H95NO5/c1-4-7-10-13-16-19-22-25-27-30-33-36-39-42-45-52(57)58-48(43-40-37-34-31-28-24-21-18-15-12-9-6-3)46-51(56)53-49(47-54)50(55)44-41-38-35-32-29-26-23-20-17-14-11-8-5-2/h7,9-10,12,16,18-19,21,48-50,54-55H,4-6,8,11,13-15,17,20,22-47H2,1-3H3,(H,53,56)/b10-7+,12-9+,19-16+,21-18+. The maximum Gasteiger partial charge on any atom is 0.306 e. The minimum absolute atomic E-state index is 0.0651. The number of ether oxygens (including phenoxy) is 1. The molecule has 0 saturated carbocycles. The number of aliphatic hydroxyl groups excluding tert-OH is 2. The Balaban J connectivity index is 4.57. The molecule has 0 heterocycles. The number of carbonyl (C=O) groups is 2. The van der Waals surface area contributed by atoms with Gasteiger partial charge in [-0.2, -0.15) is 0 Å². The van der Waals surface area contributed by atoms with Crippen molar-refractivity contribution in [1.82, 2.24) is 5.32 Å². The molecular weight excluding hydrogens is 719 g/mol. The molecule has 3 N–H and O–H groups in total. The van der Waals surface area contributed by atoms with Crippen LogP contribution in [0.25, 0.3) is 0 Å². The van der Waals surface area contributed by atoms with Crippen molar-refractivity contribution in [3.63, 3.8) is 0 Å². The number of allylic oxidation sites excluding steroid dienone is 8. The van der Waals surface area contributed by atoms with E-state index in [1.54, 1.807) is 0 Å². The van der Waals surface area contributed by atoms with Crippen LogP contribution >= 0.6 is 0 Å². The quantitative estimate of drug-likeness (QED) is 0.0323. The second-order valence-electron chi connectivity index (χ2n) is 16.8. The molecule has 0 bridgehead atoms. The van der Waals surface area contributed by atoms with Crippen molar-refractivity contribution in [3.8, 4) is 0 Å². The van der Waals surface area contributed by atoms with Gasteiger partial charge in [0, 0.05) is 6.42 Å². The third-order valence-electron chi connectivity index (χ3n) is 11.2. The molecule has 0 aliphatic heterocycles. The third kappa shape index (κ3) is 40.6. The van der Waals surface area contributed by atoms with Crippen LogP contribution < -0.4 is 5.32 Å². The van der Waals surface area contributed by atoms with E-state index in [9.17, 15) is 19.8 Å². The van der Waals surface area contributed by atoms with Crippen LogP contribution in [0, 0.1) is 0 Å². The predicted molar refractivity (Wildman–Crippen MR) is 250 cm³/mol. The third-order valence-corrected chi connectivity index (χ3v) is 11.2. The Bertz CT molecular complexity index is 1000. The van der Waals surface area contributed by atoms with E-state index in [4.69, 9.17) is 4.74 Å². The number of rotatable bonds is 44. The van der Waals surface area contributed by atoms with Gasteiger partial charge in [-0.15, -0.1) is 0 Å². The predicted octanol–water partition coefficient (Wildman–Crippen LogP) is 14.7. The molecule has 6 heteroatoms. The first-order valence-corrected chi connectivity index (χ1v) is 24.9. The average Bonchev–Trinajstić information content (AvgIpc) is 3.22. The Labute approximate surface area is 359 Å². The zero-order chi connectivity index (χ0) is 42.4. The second kappa shape index (κ2) is 45.9. The van der Waals surface area contributed by atoms with Crippen LogP contribution in [0.15, 0.2) is 48.6 Å². The summed E-state index contributed by atoms with van der Waals surface area (Å²) in [6.45, 7) is 6.27. The second-order valence-corrected chi connectivity index (χ2v) is 16.8. The van der Waals surface area contributed by atoms with Gasteiger partial charge in [-0.05, 0) is 77.0 Å². The van der Waals surface area contributed by atoms with Gasteiger partial charge in [0.15, 0.2) is 0 Å². The first-order chi connectivity index (χ1) is 28.5. The molecule has 3 unspecified atom stereocenters. The summed E-state index contributed by atoms with van der Waals surface area (Å²) in [5.74, 6) is -0.495. The van der Waals surface area contributed by atoms with Crippen LogP contribution in [0.1, 0.15) is 245 Å². The van der Waals surface area contributed by atoms with Crippen molar-refractivity contribution < 1.29 is 24.5 Å². The van der Waals surface area contributed by atoms with E-state index in [1.165, 1.54) is 103 Å². The lowest BCUT2D eigenvalue weighted by molar-refractivity contribution is -0.151. The lowest BCUT2D eigenvalue weighted by atomic mass is 10.0. The molecule has 0 aromatic carbocycles. The van der Waals surface area contributed by atoms with Crippen molar-refractivity contribution >= 4 is 11.9 Å². The first-order valence-electron chi connectivity index (χ1n) is 24.9. The highest BCUT2D eigenvalue weighted by Crippen LogP contribution is 2.18. The number of aliphatic hydroxyl groups is 2. The molecule has 6 nitrogen and oxygen atoms in total. The van der Waals surface area contributed by atoms with E-state index in [1.807, 2.05) is 0 Å². The van der Waals surface area contributed by atoms with Gasteiger partial charge in [0.05, 0.1) is 25.2 Å². The van der Waals surface area contributed by atoms with Crippen LogP contribution in [-0.4, -0.2) is 46.9 Å². The summed E-state index contributed by atoms with van der Waals surface area (Å²) < 4.78 is 5.91. The Hall–Kier alpha value is -2.18. The van der Waals surface area contributed by atoms with Crippen LogP contribution in [0.4, 0.5) is 0 Å². The molecule has 0 aromatic heterocycles. The summed E-state index contributed by atoms with van der Waals surface area (Å²) in [6.07, 6.45) is 54.5. The average molecular weight is 814 g/mol. The van der Waals surface area contributed by atoms with Gasteiger partial charge in [-0.3, -0.25) is 9.59 Å². The fourth-order valence-corrected chi connectivity index (χ4v) is 7.45. The lowest BCUT2D eigenvalue weighted by Crippen LogP contribution is -2.46.